The molecule has 1 aromatic heterocycles. The number of aromatic nitrogens is 2. The molecule has 0 bridgehead atoms. The van der Waals surface area contributed by atoms with Crippen LogP contribution in [0.3, 0.4) is 0 Å². The number of nitrogen functional groups attached to an aromatic ring is 1. The Morgan fingerprint density at radius 3 is 2.71 bits per heavy atom. The lowest BCUT2D eigenvalue weighted by atomic mass is 10.0. The number of nitrogens with two attached hydrogens (primary N) is 1. The predicted octanol–water partition coefficient (Wildman–Crippen LogP) is 3.79. The summed E-state index contributed by atoms with van der Waals surface area (Å²) >= 11 is 0. The van der Waals surface area contributed by atoms with E-state index in [2.05, 4.69) is 20.6 Å². The molecule has 0 saturated heterocycles. The van der Waals surface area contributed by atoms with Crippen LogP contribution in [-0.2, 0) is 0 Å². The third-order valence-electron chi connectivity index (χ3n) is 4.44. The van der Waals surface area contributed by atoms with Crippen LogP contribution in [0, 0.1) is 0 Å². The lowest BCUT2D eigenvalue weighted by Crippen LogP contribution is -2.28. The second-order valence-corrected chi connectivity index (χ2v) is 6.25. The molecule has 0 fully saturated rings. The van der Waals surface area contributed by atoms with Gasteiger partial charge in [-0.15, -0.1) is 10.2 Å². The molecule has 2 aromatic carbocycles. The zero-order valence-electron chi connectivity index (χ0n) is 15.0. The van der Waals surface area contributed by atoms with Crippen molar-refractivity contribution in [3.8, 4) is 11.5 Å². The number of hydrogen-bond acceptors (Lipinski definition) is 8. The van der Waals surface area contributed by atoms with Gasteiger partial charge in [-0.05, 0) is 30.3 Å². The highest BCUT2D eigenvalue weighted by molar-refractivity contribution is 5.90. The van der Waals surface area contributed by atoms with Gasteiger partial charge in [-0.25, -0.2) is 0 Å². The van der Waals surface area contributed by atoms with Crippen LogP contribution in [0.4, 0.5) is 23.0 Å². The van der Waals surface area contributed by atoms with E-state index in [1.165, 1.54) is 16.8 Å². The highest BCUT2D eigenvalue weighted by atomic mass is 16.5. The summed E-state index contributed by atoms with van der Waals surface area (Å²) in [4.78, 5) is 12.6. The fourth-order valence-corrected chi connectivity index (χ4v) is 3.08. The average molecular weight is 378 g/mol. The van der Waals surface area contributed by atoms with Gasteiger partial charge in [-0.2, -0.15) is 9.80 Å². The number of ether oxygens (including phenoxy) is 1. The van der Waals surface area contributed by atoms with Crippen molar-refractivity contribution in [2.24, 2.45) is 10.2 Å². The monoisotopic (exact) mass is 378 g/mol. The summed E-state index contributed by atoms with van der Waals surface area (Å²) in [5.41, 5.74) is 7.63. The summed E-state index contributed by atoms with van der Waals surface area (Å²) < 4.78 is 6.63. The Kier molecular flexibility index (Phi) is 4.40. The van der Waals surface area contributed by atoms with E-state index in [0.29, 0.717) is 17.3 Å². The van der Waals surface area contributed by atoms with Crippen molar-refractivity contribution in [1.29, 1.82) is 0 Å². The van der Waals surface area contributed by atoms with E-state index < -0.39 is 0 Å². The molecule has 4 N–H and O–H groups in total. The second-order valence-electron chi connectivity index (χ2n) is 6.25. The summed E-state index contributed by atoms with van der Waals surface area (Å²) in [6, 6.07) is 13.4. The third kappa shape index (κ3) is 3.13. The quantitative estimate of drug-likeness (QED) is 0.593. The van der Waals surface area contributed by atoms with Crippen molar-refractivity contribution >= 4 is 28.9 Å². The number of methoxy groups -OCH3 is 1. The lowest BCUT2D eigenvalue weighted by molar-refractivity contribution is 0.0872. The molecule has 9 heteroatoms. The van der Waals surface area contributed by atoms with E-state index in [1.807, 2.05) is 24.3 Å². The summed E-state index contributed by atoms with van der Waals surface area (Å²) in [7, 11) is 1.59. The van der Waals surface area contributed by atoms with Crippen molar-refractivity contribution in [1.82, 2.24) is 9.78 Å². The largest absolute Gasteiger partial charge is 0.508 e. The van der Waals surface area contributed by atoms with Crippen LogP contribution in [0.5, 0.6) is 11.5 Å². The number of benzene rings is 2. The van der Waals surface area contributed by atoms with E-state index in [0.717, 1.165) is 5.56 Å². The Morgan fingerprint density at radius 2 is 1.96 bits per heavy atom. The van der Waals surface area contributed by atoms with Crippen molar-refractivity contribution in [3.63, 3.8) is 0 Å². The van der Waals surface area contributed by atoms with E-state index >= 15 is 0 Å². The highest BCUT2D eigenvalue weighted by Gasteiger charge is 2.32. The molecule has 142 valence electrons. The molecule has 28 heavy (non-hydrogen) atoms. The maximum atomic E-state index is 12.6. The summed E-state index contributed by atoms with van der Waals surface area (Å²) in [6.07, 6.45) is 0.197. The number of fused-ring (bicyclic) bond motifs is 1. The van der Waals surface area contributed by atoms with Crippen LogP contribution >= 0.6 is 0 Å². The molecule has 4 rings (SSSR count). The van der Waals surface area contributed by atoms with Crippen molar-refractivity contribution in [3.05, 3.63) is 54.1 Å². The molecular formula is C19H18N6O3. The molecule has 9 nitrogen and oxygen atoms in total. The van der Waals surface area contributed by atoms with Gasteiger partial charge in [0.1, 0.15) is 11.5 Å². The number of carbonyl (C=O) groups excluding carboxylic acids is 1. The number of phenols is 1. The van der Waals surface area contributed by atoms with Crippen LogP contribution < -0.4 is 15.8 Å². The Labute approximate surface area is 160 Å². The summed E-state index contributed by atoms with van der Waals surface area (Å²) in [6.45, 7) is 0. The fraction of sp³-hybridized carbons (Fsp3) is 0.158. The Hall–Kier alpha value is -3.88. The van der Waals surface area contributed by atoms with E-state index in [4.69, 9.17) is 10.5 Å². The molecule has 0 aliphatic carbocycles. The smallest absolute Gasteiger partial charge is 0.251 e. The molecular weight excluding hydrogens is 360 g/mol. The molecule has 0 amide bonds. The van der Waals surface area contributed by atoms with Gasteiger partial charge in [0, 0.05) is 5.56 Å². The van der Waals surface area contributed by atoms with E-state index in [1.54, 1.807) is 19.2 Å². The van der Waals surface area contributed by atoms with Crippen LogP contribution in [0.25, 0.3) is 0 Å². The van der Waals surface area contributed by atoms with Gasteiger partial charge < -0.3 is 20.9 Å². The van der Waals surface area contributed by atoms with Crippen molar-refractivity contribution in [2.45, 2.75) is 12.5 Å². The van der Waals surface area contributed by atoms with Crippen LogP contribution in [0.2, 0.25) is 0 Å². The number of rotatable bonds is 4. The van der Waals surface area contributed by atoms with Gasteiger partial charge in [0.15, 0.2) is 17.3 Å². The molecule has 1 unspecified atom stereocenters. The standard InChI is InChI=1S/C19H18N6O3/c1-28-15-5-3-2-4-13(15)14-10-16(27)25-19(21-14)17(18(20)24-25)23-22-11-6-8-12(26)9-7-11/h2-9,14,21,26H,10H2,1H3,(H2,20,24). The van der Waals surface area contributed by atoms with Crippen LogP contribution in [0.15, 0.2) is 58.8 Å². The Bertz CT molecular complexity index is 1060. The fourth-order valence-electron chi connectivity index (χ4n) is 3.08. The van der Waals surface area contributed by atoms with Crippen LogP contribution in [-0.4, -0.2) is 27.9 Å². The molecule has 0 saturated carbocycles. The first-order valence-corrected chi connectivity index (χ1v) is 8.58. The Morgan fingerprint density at radius 1 is 1.21 bits per heavy atom. The summed E-state index contributed by atoms with van der Waals surface area (Å²) in [5, 5.41) is 25.0. The number of carbonyl (C=O) groups is 1. The average Bonchev–Trinajstić information content (AvgIpc) is 3.03. The number of para-hydroxylation sites is 1. The molecule has 0 spiro atoms. The van der Waals surface area contributed by atoms with Gasteiger partial charge in [-0.3, -0.25) is 4.79 Å². The number of anilines is 2. The zero-order chi connectivity index (χ0) is 19.7. The van der Waals surface area contributed by atoms with Crippen molar-refractivity contribution in [2.75, 3.05) is 18.2 Å². The van der Waals surface area contributed by atoms with Gasteiger partial charge in [0.2, 0.25) is 0 Å². The van der Waals surface area contributed by atoms with Gasteiger partial charge in [-0.1, -0.05) is 18.2 Å². The first-order valence-electron chi connectivity index (χ1n) is 8.58. The van der Waals surface area contributed by atoms with Gasteiger partial charge >= 0.3 is 0 Å². The first kappa shape index (κ1) is 17.5. The molecule has 1 atom stereocenters. The number of nitrogens with one attached hydrogen (secondary N) is 1. The minimum atomic E-state index is -0.310. The van der Waals surface area contributed by atoms with Crippen LogP contribution in [0.1, 0.15) is 22.8 Å². The van der Waals surface area contributed by atoms with E-state index in [-0.39, 0.29) is 35.6 Å². The van der Waals surface area contributed by atoms with Gasteiger partial charge in [0.25, 0.3) is 5.91 Å². The molecule has 2 heterocycles. The predicted molar refractivity (Wildman–Crippen MR) is 104 cm³/mol. The number of phenolic OH excluding ortho intramolecular Hbond substituents is 1. The topological polar surface area (TPSA) is 127 Å². The summed E-state index contributed by atoms with van der Waals surface area (Å²) in [5.74, 6) is 1.09. The first-order chi connectivity index (χ1) is 13.6. The Balaban J connectivity index is 1.70. The third-order valence-corrected chi connectivity index (χ3v) is 4.44. The molecule has 1 aliphatic heterocycles. The zero-order valence-corrected chi connectivity index (χ0v) is 15.0. The lowest BCUT2D eigenvalue weighted by Gasteiger charge is -2.26. The van der Waals surface area contributed by atoms with E-state index in [9.17, 15) is 9.90 Å². The SMILES string of the molecule is COc1ccccc1C1CC(=O)n2nc(N)c(N=Nc3ccc(O)cc3)c2N1. The highest BCUT2D eigenvalue weighted by Crippen LogP contribution is 2.40. The minimum Gasteiger partial charge on any atom is -0.508 e. The second kappa shape index (κ2) is 7.03. The maximum Gasteiger partial charge on any atom is 0.251 e. The number of hydrogen-bond donors (Lipinski definition) is 3. The normalized spacial score (nSPS) is 16.0. The number of nitrogens with zero attached hydrogens (tertiary/aromatic N) is 4. The molecule has 3 aromatic rings. The van der Waals surface area contributed by atoms with Gasteiger partial charge in [0.05, 0.1) is 25.3 Å². The minimum absolute atomic E-state index is 0.0963. The maximum absolute atomic E-state index is 12.6. The molecule has 1 aliphatic rings. The number of azo groups is 1. The molecule has 0 radical (unpaired) electrons. The number of aromatic hydroxyl groups is 1. The van der Waals surface area contributed by atoms with Crippen molar-refractivity contribution < 1.29 is 14.6 Å².